The van der Waals surface area contributed by atoms with Gasteiger partial charge in [-0.3, -0.25) is 4.79 Å². The van der Waals surface area contributed by atoms with E-state index in [1.165, 1.54) is 0 Å². The van der Waals surface area contributed by atoms with Crippen LogP contribution in [-0.4, -0.2) is 49.2 Å². The lowest BCUT2D eigenvalue weighted by molar-refractivity contribution is -0.150. The summed E-state index contributed by atoms with van der Waals surface area (Å²) < 4.78 is 5.74. The summed E-state index contributed by atoms with van der Waals surface area (Å²) >= 11 is 0. The van der Waals surface area contributed by atoms with Crippen molar-refractivity contribution < 1.29 is 9.53 Å². The quantitative estimate of drug-likeness (QED) is 0.712. The number of nitrogens with zero attached hydrogens (tertiary/aromatic N) is 1. The molecule has 0 aromatic carbocycles. The zero-order chi connectivity index (χ0) is 10.8. The first-order valence-electron chi connectivity index (χ1n) is 5.85. The van der Waals surface area contributed by atoms with Crippen molar-refractivity contribution in [2.24, 2.45) is 5.92 Å². The molecule has 0 aliphatic carbocycles. The number of hydrogen-bond donors (Lipinski definition) is 1. The van der Waals surface area contributed by atoms with Crippen LogP contribution in [0.3, 0.4) is 0 Å². The average molecular weight is 212 g/mol. The van der Waals surface area contributed by atoms with Crippen molar-refractivity contribution in [3.63, 3.8) is 0 Å². The lowest BCUT2D eigenvalue weighted by Crippen LogP contribution is -2.56. The second-order valence-corrected chi connectivity index (χ2v) is 4.58. The van der Waals surface area contributed by atoms with E-state index in [9.17, 15) is 4.79 Å². The Labute approximate surface area is 91.0 Å². The van der Waals surface area contributed by atoms with Gasteiger partial charge in [0.2, 0.25) is 5.91 Å². The van der Waals surface area contributed by atoms with Crippen LogP contribution in [0.2, 0.25) is 0 Å². The van der Waals surface area contributed by atoms with Gasteiger partial charge < -0.3 is 15.0 Å². The molecular formula is C11H20N2O2. The number of ether oxygens (including phenoxy) is 1. The number of morpholine rings is 1. The summed E-state index contributed by atoms with van der Waals surface area (Å²) in [5, 5.41) is 3.14. The third-order valence-electron chi connectivity index (χ3n) is 3.22. The number of nitrogens with one attached hydrogen (secondary N) is 1. The van der Waals surface area contributed by atoms with Gasteiger partial charge in [0.25, 0.3) is 0 Å². The number of hydrogen-bond acceptors (Lipinski definition) is 3. The number of rotatable bonds is 2. The van der Waals surface area contributed by atoms with Crippen LogP contribution in [0.5, 0.6) is 0 Å². The van der Waals surface area contributed by atoms with Gasteiger partial charge in [-0.1, -0.05) is 6.92 Å². The minimum Gasteiger partial charge on any atom is -0.372 e. The summed E-state index contributed by atoms with van der Waals surface area (Å²) in [5.41, 5.74) is 0. The second kappa shape index (κ2) is 4.49. The van der Waals surface area contributed by atoms with Crippen molar-refractivity contribution in [2.45, 2.75) is 32.5 Å². The predicted octanol–water partition coefficient (Wildman–Crippen LogP) is 0.232. The third kappa shape index (κ3) is 2.32. The van der Waals surface area contributed by atoms with Gasteiger partial charge >= 0.3 is 0 Å². The average Bonchev–Trinajstić information content (AvgIpc) is 2.14. The molecular weight excluding hydrogens is 192 g/mol. The van der Waals surface area contributed by atoms with Gasteiger partial charge in [-0.15, -0.1) is 0 Å². The molecule has 2 aliphatic rings. The number of carbonyl (C=O) groups is 1. The van der Waals surface area contributed by atoms with Crippen LogP contribution in [0, 0.1) is 5.92 Å². The van der Waals surface area contributed by atoms with Gasteiger partial charge in [0, 0.05) is 26.2 Å². The Kier molecular flexibility index (Phi) is 3.26. The van der Waals surface area contributed by atoms with Crippen LogP contribution in [0.25, 0.3) is 0 Å². The molecule has 86 valence electrons. The summed E-state index contributed by atoms with van der Waals surface area (Å²) in [4.78, 5) is 14.0. The van der Waals surface area contributed by atoms with Crippen LogP contribution >= 0.6 is 0 Å². The maximum absolute atomic E-state index is 12.0. The molecule has 0 aromatic rings. The summed E-state index contributed by atoms with van der Waals surface area (Å²) in [5.74, 6) is 0.523. The Morgan fingerprint density at radius 1 is 1.47 bits per heavy atom. The molecule has 2 rings (SSSR count). The first kappa shape index (κ1) is 10.9. The summed E-state index contributed by atoms with van der Waals surface area (Å²) in [6.45, 7) is 7.38. The molecule has 2 aliphatic heterocycles. The van der Waals surface area contributed by atoms with Crippen molar-refractivity contribution in [3.8, 4) is 0 Å². The highest BCUT2D eigenvalue weighted by molar-refractivity contribution is 5.80. The molecule has 1 N–H and O–H groups in total. The van der Waals surface area contributed by atoms with E-state index in [1.807, 2.05) is 11.8 Å². The van der Waals surface area contributed by atoms with Gasteiger partial charge in [-0.2, -0.15) is 0 Å². The summed E-state index contributed by atoms with van der Waals surface area (Å²) in [6, 6.07) is 0. The fourth-order valence-corrected chi connectivity index (χ4v) is 2.17. The van der Waals surface area contributed by atoms with Crippen molar-refractivity contribution >= 4 is 5.91 Å². The molecule has 2 fully saturated rings. The second-order valence-electron chi connectivity index (χ2n) is 4.58. The molecule has 0 radical (unpaired) electrons. The highest BCUT2D eigenvalue weighted by Gasteiger charge is 2.33. The van der Waals surface area contributed by atoms with Crippen LogP contribution in [0.4, 0.5) is 0 Å². The van der Waals surface area contributed by atoms with E-state index >= 15 is 0 Å². The maximum atomic E-state index is 12.0. The van der Waals surface area contributed by atoms with Gasteiger partial charge in [0.05, 0.1) is 18.1 Å². The first-order valence-corrected chi connectivity index (χ1v) is 5.85. The molecule has 2 unspecified atom stereocenters. The van der Waals surface area contributed by atoms with E-state index in [-0.39, 0.29) is 18.1 Å². The zero-order valence-corrected chi connectivity index (χ0v) is 9.53. The molecule has 0 bridgehead atoms. The third-order valence-corrected chi connectivity index (χ3v) is 3.22. The predicted molar refractivity (Wildman–Crippen MR) is 57.6 cm³/mol. The fraction of sp³-hybridized carbons (Fsp3) is 0.909. The summed E-state index contributed by atoms with van der Waals surface area (Å²) in [6.07, 6.45) is 1.39. The van der Waals surface area contributed by atoms with Crippen molar-refractivity contribution in [2.75, 3.05) is 26.2 Å². The lowest BCUT2D eigenvalue weighted by atomic mass is 10.0. The molecule has 4 nitrogen and oxygen atoms in total. The molecule has 2 saturated heterocycles. The molecule has 4 heteroatoms. The highest BCUT2D eigenvalue weighted by atomic mass is 16.5. The summed E-state index contributed by atoms with van der Waals surface area (Å²) in [7, 11) is 0. The fourth-order valence-electron chi connectivity index (χ4n) is 2.17. The Morgan fingerprint density at radius 2 is 2.20 bits per heavy atom. The van der Waals surface area contributed by atoms with E-state index in [2.05, 4.69) is 12.2 Å². The molecule has 15 heavy (non-hydrogen) atoms. The SMILES string of the molecule is CCC1CN(C(=O)C2CNC2)CC(C)O1. The molecule has 2 heterocycles. The van der Waals surface area contributed by atoms with E-state index < -0.39 is 0 Å². The molecule has 1 amide bonds. The highest BCUT2D eigenvalue weighted by Crippen LogP contribution is 2.17. The van der Waals surface area contributed by atoms with Crippen molar-refractivity contribution in [1.82, 2.24) is 10.2 Å². The lowest BCUT2D eigenvalue weighted by Gasteiger charge is -2.40. The number of amides is 1. The van der Waals surface area contributed by atoms with Crippen molar-refractivity contribution in [3.05, 3.63) is 0 Å². The van der Waals surface area contributed by atoms with Crippen LogP contribution < -0.4 is 5.32 Å². The Balaban J connectivity index is 1.92. The normalized spacial score (nSPS) is 32.5. The van der Waals surface area contributed by atoms with Gasteiger partial charge in [-0.25, -0.2) is 0 Å². The minimum atomic E-state index is 0.181. The van der Waals surface area contributed by atoms with E-state index in [1.54, 1.807) is 0 Å². The Bertz CT molecular complexity index is 241. The molecule has 0 aromatic heterocycles. The molecule has 0 saturated carbocycles. The monoisotopic (exact) mass is 212 g/mol. The van der Waals surface area contributed by atoms with Crippen LogP contribution in [0.15, 0.2) is 0 Å². The smallest absolute Gasteiger partial charge is 0.228 e. The maximum Gasteiger partial charge on any atom is 0.228 e. The topological polar surface area (TPSA) is 41.6 Å². The van der Waals surface area contributed by atoms with Crippen molar-refractivity contribution in [1.29, 1.82) is 0 Å². The number of carbonyl (C=O) groups excluding carboxylic acids is 1. The first-order chi connectivity index (χ1) is 7.20. The standard InChI is InChI=1S/C11H20N2O2/c1-3-10-7-13(6-8(2)15-10)11(14)9-4-12-5-9/h8-10,12H,3-7H2,1-2H3. The molecule has 0 spiro atoms. The van der Waals surface area contributed by atoms with E-state index in [4.69, 9.17) is 4.74 Å². The molecule has 2 atom stereocenters. The van der Waals surface area contributed by atoms with E-state index in [0.717, 1.165) is 32.6 Å². The minimum absolute atomic E-state index is 0.181. The van der Waals surface area contributed by atoms with Gasteiger partial charge in [-0.05, 0) is 13.3 Å². The Morgan fingerprint density at radius 3 is 2.73 bits per heavy atom. The van der Waals surface area contributed by atoms with Crippen LogP contribution in [-0.2, 0) is 9.53 Å². The largest absolute Gasteiger partial charge is 0.372 e. The van der Waals surface area contributed by atoms with E-state index in [0.29, 0.717) is 5.91 Å². The zero-order valence-electron chi connectivity index (χ0n) is 9.53. The van der Waals surface area contributed by atoms with Gasteiger partial charge in [0.15, 0.2) is 0 Å². The van der Waals surface area contributed by atoms with Gasteiger partial charge in [0.1, 0.15) is 0 Å². The van der Waals surface area contributed by atoms with Crippen LogP contribution in [0.1, 0.15) is 20.3 Å². The Hall–Kier alpha value is -0.610.